The van der Waals surface area contributed by atoms with E-state index in [2.05, 4.69) is 109 Å². The fraction of sp³-hybridized carbons (Fsp3) is 0.910. The molecular weight excluding hydrogens is 1440 g/mol. The van der Waals surface area contributed by atoms with Gasteiger partial charge in [0, 0.05) is 39.1 Å². The normalized spacial score (nSPS) is 42.9. The van der Waals surface area contributed by atoms with Crippen LogP contribution >= 0.6 is 15.9 Å². The Balaban J connectivity index is 0.000000203. The molecule has 0 amide bonds. The van der Waals surface area contributed by atoms with Gasteiger partial charge in [-0.05, 0) is 319 Å². The van der Waals surface area contributed by atoms with Gasteiger partial charge in [-0.15, -0.1) is 20.4 Å². The van der Waals surface area contributed by atoms with E-state index in [-0.39, 0.29) is 164 Å². The molecule has 12 fully saturated rings. The summed E-state index contributed by atoms with van der Waals surface area (Å²) in [5.74, 6) is 11.1. The maximum absolute atomic E-state index is 13.4. The third-order valence-electron chi connectivity index (χ3n) is 31.5. The molecule has 12 saturated carbocycles. The zero-order chi connectivity index (χ0) is 72.7. The number of nitrogens with zero attached hydrogens (tertiary/aromatic N) is 11. The Labute approximate surface area is 715 Å². The van der Waals surface area contributed by atoms with E-state index in [1.165, 1.54) is 88.3 Å². The third-order valence-corrected chi connectivity index (χ3v) is 32.0. The van der Waals surface area contributed by atoms with Gasteiger partial charge in [-0.2, -0.15) is 9.91 Å². The van der Waals surface area contributed by atoms with Crippen molar-refractivity contribution in [1.29, 1.82) is 0 Å². The molecule has 23 nitrogen and oxygen atoms in total. The standard InChI is InChI=1S/2C25H40N4O3.C23H37BrO3.C3H5N3.CH2O3.CH4.2K.H/c1-16-26-27-28-29(16)14-22(30)21-8-7-19-18-6-5-17-13-25(31,15-32-4)12-11-23(17,2)20(18)9-10-24(19,21)3;1-16-26-28-29(27-16)14-22(30)21-8-7-19-18-6-5-17-13-25(31,15-32-4)12-11-23(17,2)20(18)9-10-24(19,21)3;1-21-10-11-23(26,14-27-3)12-15(21)4-5-16-17-6-7-19(20(25)13-24)22(17,2)9-8-18(16)21;1-3-2-4-6-5-3;2-1-4-3;;;;/h2*17-21,31H,5-15H2,1-4H3;15-19,26H,4-14H2,1-3H3;2H2,1H3;1,3H;1H4;;;/q;;;;;;2*+1;-1/p-1/t2*17-,18-,19-,20-,21+,23-,24-,25+;15-,16-,17-,18-,19+,21-,22-,23+;;;;;;/m000....../s1. The number of methoxy groups -OCH3 is 3. The van der Waals surface area contributed by atoms with Gasteiger partial charge in [0.15, 0.2) is 17.4 Å². The van der Waals surface area contributed by atoms with Gasteiger partial charge in [0.2, 0.25) is 0 Å². The molecule has 24 atom stereocenters. The summed E-state index contributed by atoms with van der Waals surface area (Å²) in [4.78, 5) is 51.9. The second-order valence-electron chi connectivity index (χ2n) is 36.3. The van der Waals surface area contributed by atoms with E-state index in [0.29, 0.717) is 113 Å². The molecule has 12 aliphatic carbocycles. The number of halogens is 1. The smallest absolute Gasteiger partial charge is 1.00 e. The molecule has 13 aliphatic rings. The van der Waals surface area contributed by atoms with E-state index in [0.717, 1.165) is 131 Å². The monoisotopic (exact) mass is 1570 g/mol. The number of ether oxygens (including phenoxy) is 3. The fourth-order valence-corrected chi connectivity index (χ4v) is 26.8. The number of hydrogen-bond acceptors (Lipinski definition) is 21. The van der Waals surface area contributed by atoms with E-state index in [1.54, 1.807) is 32.9 Å². The SMILES string of the molecule is C.CC1=NN=NC1.COC[C@@]1(O)CC[C@@]2(C)[C@@H](CC[C@@H]3[C@@H]2CC[C@]2(C)[C@@H](C(=O)CBr)CC[C@@H]32)C1.COC[C@@]1(O)CC[C@@]2(C)[C@@H](CC[C@@H]3[C@@H]2CC[C@]2(C)[C@@H](C(=O)Cn4nnc(C)n4)CC[C@@H]32)C1.COC[C@@]1(O)CC[C@@]2(C)[C@@H](CC[C@@H]3[C@@H]2CC[C@]2(C)[C@@H](C(=O)Cn4nnnc4C)CC[C@@H]32)C1.O=CO[O-].[H-].[K+].[K+]. The minimum Gasteiger partial charge on any atom is -1.00 e. The zero-order valence-electron chi connectivity index (χ0n) is 66.1. The first kappa shape index (κ1) is 88.9. The van der Waals surface area contributed by atoms with Crippen LogP contribution in [0, 0.1) is 135 Å². The Morgan fingerprint density at radius 1 is 0.529 bits per heavy atom. The molecule has 576 valence electrons. The van der Waals surface area contributed by atoms with E-state index < -0.39 is 16.8 Å². The number of rotatable bonds is 15. The van der Waals surface area contributed by atoms with Gasteiger partial charge < -0.3 is 41.1 Å². The number of aryl methyl sites for hydroxylation is 2. The van der Waals surface area contributed by atoms with Crippen LogP contribution < -0.4 is 108 Å². The topological polar surface area (TPSA) is 313 Å². The summed E-state index contributed by atoms with van der Waals surface area (Å²) in [6.07, 6.45) is 30.0. The van der Waals surface area contributed by atoms with E-state index in [1.807, 2.05) is 13.8 Å². The molecule has 2 aromatic rings. The number of tetrazole rings is 2. The quantitative estimate of drug-likeness (QED) is 0.0589. The second kappa shape index (κ2) is 36.2. The molecule has 0 saturated heterocycles. The van der Waals surface area contributed by atoms with Gasteiger partial charge in [0.05, 0.1) is 47.7 Å². The Hall–Kier alpha value is -0.637. The molecule has 3 N–H and O–H groups in total. The van der Waals surface area contributed by atoms with Crippen molar-refractivity contribution in [1.82, 2.24) is 40.4 Å². The van der Waals surface area contributed by atoms with Crippen molar-refractivity contribution in [2.45, 2.75) is 273 Å². The van der Waals surface area contributed by atoms with Crippen molar-refractivity contribution >= 4 is 45.5 Å². The number of ketones is 3. The Kier molecular flexibility index (Phi) is 31.0. The third kappa shape index (κ3) is 17.7. The first-order valence-electron chi connectivity index (χ1n) is 38.8. The number of aromatic nitrogens is 8. The summed E-state index contributed by atoms with van der Waals surface area (Å²) >= 11 is 3.43. The van der Waals surface area contributed by atoms with Gasteiger partial charge in [-0.1, -0.05) is 64.9 Å². The number of Topliss-reactive ketones (excluding diaryl/α,β-unsaturated/α-hetero) is 3. The predicted octanol–water partition coefficient (Wildman–Crippen LogP) is 6.18. The summed E-state index contributed by atoms with van der Waals surface area (Å²) in [6.45, 7) is 22.8. The maximum atomic E-state index is 13.4. The summed E-state index contributed by atoms with van der Waals surface area (Å²) in [5.41, 5.74) is 0.511. The summed E-state index contributed by atoms with van der Waals surface area (Å²) < 4.78 is 17.7. The van der Waals surface area contributed by atoms with Gasteiger partial charge in [0.1, 0.15) is 31.2 Å². The minimum atomic E-state index is -0.645. The van der Waals surface area contributed by atoms with Crippen molar-refractivity contribution in [3.05, 3.63) is 11.6 Å². The number of carbonyl (C=O) groups excluding carboxylic acids is 4. The molecule has 2 aromatic heterocycles. The van der Waals surface area contributed by atoms with E-state index in [9.17, 15) is 29.7 Å². The molecule has 26 heteroatoms. The molecule has 15 rings (SSSR count). The zero-order valence-corrected chi connectivity index (χ0v) is 72.9. The first-order chi connectivity index (χ1) is 48.0. The van der Waals surface area contributed by atoms with E-state index >= 15 is 0 Å². The van der Waals surface area contributed by atoms with Crippen molar-refractivity contribution in [3.63, 3.8) is 0 Å². The van der Waals surface area contributed by atoms with Crippen LogP contribution in [0.3, 0.4) is 0 Å². The number of hydrogen-bond donors (Lipinski definition) is 3. The average Bonchev–Trinajstić information content (AvgIpc) is 1.67. The largest absolute Gasteiger partial charge is 1.00 e. The van der Waals surface area contributed by atoms with Crippen LogP contribution in [0.2, 0.25) is 0 Å². The molecule has 3 heterocycles. The van der Waals surface area contributed by atoms with Crippen molar-refractivity contribution in [2.75, 3.05) is 53.0 Å². The van der Waals surface area contributed by atoms with Crippen molar-refractivity contribution in [3.8, 4) is 0 Å². The molecule has 1 aliphatic heterocycles. The Morgan fingerprint density at radius 3 is 1.20 bits per heavy atom. The Bertz CT molecular complexity index is 3310. The van der Waals surface area contributed by atoms with Crippen molar-refractivity contribution < 1.29 is 163 Å². The van der Waals surface area contributed by atoms with Gasteiger partial charge in [-0.3, -0.25) is 19.2 Å². The summed E-state index contributed by atoms with van der Waals surface area (Å²) in [6, 6.07) is 0. The number of aliphatic hydroxyl groups is 3. The van der Waals surface area contributed by atoms with Gasteiger partial charge >= 0.3 is 103 Å². The van der Waals surface area contributed by atoms with Crippen LogP contribution in [0.5, 0.6) is 0 Å². The molecule has 0 unspecified atom stereocenters. The molecule has 0 bridgehead atoms. The molecular formula is C78H128BrK2N11O12. The van der Waals surface area contributed by atoms with Gasteiger partial charge in [-0.25, -0.2) is 4.68 Å². The Morgan fingerprint density at radius 2 is 0.904 bits per heavy atom. The molecule has 104 heavy (non-hydrogen) atoms. The molecule has 0 aromatic carbocycles. The van der Waals surface area contributed by atoms with E-state index in [4.69, 9.17) is 24.3 Å². The first-order valence-corrected chi connectivity index (χ1v) is 40.0. The van der Waals surface area contributed by atoms with Crippen LogP contribution in [0.25, 0.3) is 0 Å². The van der Waals surface area contributed by atoms with Crippen LogP contribution in [0.4, 0.5) is 0 Å². The number of carbonyl (C=O) groups is 4. The van der Waals surface area contributed by atoms with Crippen LogP contribution in [-0.4, -0.2) is 155 Å². The van der Waals surface area contributed by atoms with Crippen molar-refractivity contribution in [2.24, 2.45) is 137 Å². The summed E-state index contributed by atoms with van der Waals surface area (Å²) in [5, 5.41) is 76.4. The predicted molar refractivity (Wildman–Crippen MR) is 388 cm³/mol. The van der Waals surface area contributed by atoms with Crippen LogP contribution in [-0.2, 0) is 51.4 Å². The van der Waals surface area contributed by atoms with Crippen LogP contribution in [0.1, 0.15) is 242 Å². The minimum absolute atomic E-state index is 0. The second-order valence-corrected chi connectivity index (χ2v) is 36.8. The van der Waals surface area contributed by atoms with Gasteiger partial charge in [0.25, 0.3) is 6.47 Å². The maximum Gasteiger partial charge on any atom is 1.00 e. The molecule has 0 radical (unpaired) electrons. The molecule has 0 spiro atoms. The average molecular weight is 1570 g/mol. The summed E-state index contributed by atoms with van der Waals surface area (Å²) in [7, 11) is 5.10. The fourth-order valence-electron chi connectivity index (χ4n) is 26.4. The number of fused-ring (bicyclic) bond motifs is 15. The number of alkyl halides is 1. The van der Waals surface area contributed by atoms with Crippen LogP contribution in [0.15, 0.2) is 15.4 Å².